The predicted octanol–water partition coefficient (Wildman–Crippen LogP) is 1.45. The smallest absolute Gasteiger partial charge is 0.163 e. The molecule has 1 saturated heterocycles. The first-order valence-electron chi connectivity index (χ1n) is 5.43. The lowest BCUT2D eigenvalue weighted by Crippen LogP contribution is -2.40. The summed E-state index contributed by atoms with van der Waals surface area (Å²) in [6, 6.07) is 5.82. The van der Waals surface area contributed by atoms with E-state index in [1.54, 1.807) is 13.2 Å². The summed E-state index contributed by atoms with van der Waals surface area (Å²) in [6.45, 7) is 3.44. The molecule has 1 fully saturated rings. The fourth-order valence-electron chi connectivity index (χ4n) is 1.85. The van der Waals surface area contributed by atoms with Gasteiger partial charge in [-0.05, 0) is 13.0 Å². The van der Waals surface area contributed by atoms with Gasteiger partial charge in [-0.3, -0.25) is 0 Å². The minimum Gasteiger partial charge on any atom is -0.504 e. The molecule has 0 amide bonds. The molecule has 4 nitrogen and oxygen atoms in total. The third-order valence-electron chi connectivity index (χ3n) is 2.80. The van der Waals surface area contributed by atoms with E-state index in [-0.39, 0.29) is 11.9 Å². The van der Waals surface area contributed by atoms with E-state index < -0.39 is 0 Å². The van der Waals surface area contributed by atoms with Crippen molar-refractivity contribution in [3.63, 3.8) is 0 Å². The van der Waals surface area contributed by atoms with Crippen molar-refractivity contribution in [3.05, 3.63) is 23.8 Å². The van der Waals surface area contributed by atoms with E-state index in [4.69, 9.17) is 9.47 Å². The molecule has 1 aliphatic heterocycles. The van der Waals surface area contributed by atoms with Crippen molar-refractivity contribution < 1.29 is 14.6 Å². The largest absolute Gasteiger partial charge is 0.504 e. The van der Waals surface area contributed by atoms with Crippen molar-refractivity contribution in [2.45, 2.75) is 19.1 Å². The molecule has 4 heteroatoms. The summed E-state index contributed by atoms with van der Waals surface area (Å²) in [7, 11) is 1.54. The molecule has 16 heavy (non-hydrogen) atoms. The molecule has 1 aromatic rings. The number of hydrogen-bond donors (Lipinski definition) is 2. The second kappa shape index (κ2) is 4.72. The van der Waals surface area contributed by atoms with Crippen molar-refractivity contribution in [2.24, 2.45) is 0 Å². The van der Waals surface area contributed by atoms with Crippen LogP contribution >= 0.6 is 0 Å². The van der Waals surface area contributed by atoms with E-state index in [0.29, 0.717) is 24.9 Å². The summed E-state index contributed by atoms with van der Waals surface area (Å²) >= 11 is 0. The zero-order valence-corrected chi connectivity index (χ0v) is 9.56. The number of phenols is 1. The van der Waals surface area contributed by atoms with Crippen LogP contribution in [0.15, 0.2) is 18.2 Å². The number of morpholine rings is 1. The molecule has 0 saturated carbocycles. The third kappa shape index (κ3) is 2.13. The van der Waals surface area contributed by atoms with Crippen LogP contribution in [-0.4, -0.2) is 31.4 Å². The standard InChI is InChI=1S/C12H17NO3/c1-8-7-16-11(6-13-8)9-4-3-5-10(15-2)12(9)14/h3-5,8,11,13-14H,6-7H2,1-2H3. The molecule has 0 aromatic heterocycles. The van der Waals surface area contributed by atoms with Crippen LogP contribution in [0.1, 0.15) is 18.6 Å². The molecule has 2 unspecified atom stereocenters. The zero-order valence-electron chi connectivity index (χ0n) is 9.56. The van der Waals surface area contributed by atoms with Gasteiger partial charge in [0.1, 0.15) is 0 Å². The number of nitrogens with one attached hydrogen (secondary N) is 1. The lowest BCUT2D eigenvalue weighted by molar-refractivity contribution is 0.00559. The molecule has 0 spiro atoms. The number of rotatable bonds is 2. The number of phenolic OH excluding ortho intramolecular Hbond substituents is 1. The minimum atomic E-state index is -0.105. The van der Waals surface area contributed by atoms with Gasteiger partial charge in [-0.15, -0.1) is 0 Å². The van der Waals surface area contributed by atoms with Crippen molar-refractivity contribution in [3.8, 4) is 11.5 Å². The molecule has 2 rings (SSSR count). The van der Waals surface area contributed by atoms with Gasteiger partial charge in [0.25, 0.3) is 0 Å². The van der Waals surface area contributed by atoms with Crippen LogP contribution in [0.3, 0.4) is 0 Å². The van der Waals surface area contributed by atoms with Crippen molar-refractivity contribution >= 4 is 0 Å². The van der Waals surface area contributed by atoms with E-state index >= 15 is 0 Å². The van der Waals surface area contributed by atoms with Crippen molar-refractivity contribution in [1.82, 2.24) is 5.32 Å². The summed E-state index contributed by atoms with van der Waals surface area (Å²) in [5.74, 6) is 0.658. The first kappa shape index (κ1) is 11.2. The minimum absolute atomic E-state index is 0.105. The van der Waals surface area contributed by atoms with E-state index in [1.807, 2.05) is 12.1 Å². The molecule has 0 bridgehead atoms. The van der Waals surface area contributed by atoms with Gasteiger partial charge < -0.3 is 19.9 Å². The Bertz CT molecular complexity index is 359. The van der Waals surface area contributed by atoms with Crippen LogP contribution in [0, 0.1) is 0 Å². The monoisotopic (exact) mass is 223 g/mol. The predicted molar refractivity (Wildman–Crippen MR) is 60.8 cm³/mol. The maximum atomic E-state index is 9.97. The fourth-order valence-corrected chi connectivity index (χ4v) is 1.85. The van der Waals surface area contributed by atoms with Crippen molar-refractivity contribution in [2.75, 3.05) is 20.3 Å². The van der Waals surface area contributed by atoms with Gasteiger partial charge in [0.05, 0.1) is 19.8 Å². The summed E-state index contributed by atoms with van der Waals surface area (Å²) in [5, 5.41) is 13.3. The summed E-state index contributed by atoms with van der Waals surface area (Å²) in [4.78, 5) is 0. The Hall–Kier alpha value is -1.26. The van der Waals surface area contributed by atoms with Crippen LogP contribution in [-0.2, 0) is 4.74 Å². The van der Waals surface area contributed by atoms with Crippen LogP contribution < -0.4 is 10.1 Å². The summed E-state index contributed by atoms with van der Waals surface area (Å²) in [6.07, 6.45) is -0.105. The van der Waals surface area contributed by atoms with E-state index in [0.717, 1.165) is 5.56 Å². The van der Waals surface area contributed by atoms with Gasteiger partial charge in [0.2, 0.25) is 0 Å². The van der Waals surface area contributed by atoms with E-state index in [2.05, 4.69) is 12.2 Å². The molecule has 88 valence electrons. The van der Waals surface area contributed by atoms with Gasteiger partial charge in [0, 0.05) is 18.2 Å². The van der Waals surface area contributed by atoms with Gasteiger partial charge >= 0.3 is 0 Å². The van der Waals surface area contributed by atoms with Gasteiger partial charge in [-0.25, -0.2) is 0 Å². The topological polar surface area (TPSA) is 50.7 Å². The molecule has 1 aliphatic rings. The van der Waals surface area contributed by atoms with Crippen molar-refractivity contribution in [1.29, 1.82) is 0 Å². The summed E-state index contributed by atoms with van der Waals surface area (Å²) < 4.78 is 10.8. The average Bonchev–Trinajstić information content (AvgIpc) is 2.31. The Morgan fingerprint density at radius 2 is 2.31 bits per heavy atom. The number of benzene rings is 1. The maximum absolute atomic E-state index is 9.97. The number of methoxy groups -OCH3 is 1. The first-order valence-corrected chi connectivity index (χ1v) is 5.43. The average molecular weight is 223 g/mol. The van der Waals surface area contributed by atoms with Crippen LogP contribution in [0.4, 0.5) is 0 Å². The lowest BCUT2D eigenvalue weighted by Gasteiger charge is -2.29. The highest BCUT2D eigenvalue weighted by atomic mass is 16.5. The molecule has 0 radical (unpaired) electrons. The highest BCUT2D eigenvalue weighted by Gasteiger charge is 2.23. The number of para-hydroxylation sites is 1. The number of ether oxygens (including phenoxy) is 2. The Morgan fingerprint density at radius 3 is 2.94 bits per heavy atom. The van der Waals surface area contributed by atoms with Crippen LogP contribution in [0.25, 0.3) is 0 Å². The zero-order chi connectivity index (χ0) is 11.5. The quantitative estimate of drug-likeness (QED) is 0.796. The van der Waals surface area contributed by atoms with Crippen LogP contribution in [0.5, 0.6) is 11.5 Å². The van der Waals surface area contributed by atoms with Gasteiger partial charge in [0.15, 0.2) is 11.5 Å². The molecular weight excluding hydrogens is 206 g/mol. The van der Waals surface area contributed by atoms with Gasteiger partial charge in [-0.2, -0.15) is 0 Å². The molecule has 1 aromatic carbocycles. The SMILES string of the molecule is COc1cccc(C2CNC(C)CO2)c1O. The second-order valence-electron chi connectivity index (χ2n) is 4.03. The molecule has 2 atom stereocenters. The third-order valence-corrected chi connectivity index (χ3v) is 2.80. The molecular formula is C12H17NO3. The second-order valence-corrected chi connectivity index (χ2v) is 4.03. The highest BCUT2D eigenvalue weighted by Crippen LogP contribution is 2.35. The molecule has 1 heterocycles. The first-order chi connectivity index (χ1) is 7.72. The summed E-state index contributed by atoms with van der Waals surface area (Å²) in [5.41, 5.74) is 0.777. The number of aromatic hydroxyl groups is 1. The maximum Gasteiger partial charge on any atom is 0.163 e. The number of hydrogen-bond acceptors (Lipinski definition) is 4. The van der Waals surface area contributed by atoms with Crippen LogP contribution in [0.2, 0.25) is 0 Å². The Kier molecular flexibility index (Phi) is 3.31. The fraction of sp³-hybridized carbons (Fsp3) is 0.500. The molecule has 2 N–H and O–H groups in total. The Balaban J connectivity index is 2.20. The van der Waals surface area contributed by atoms with E-state index in [9.17, 15) is 5.11 Å². The Labute approximate surface area is 95.2 Å². The Morgan fingerprint density at radius 1 is 1.50 bits per heavy atom. The van der Waals surface area contributed by atoms with E-state index in [1.165, 1.54) is 0 Å². The lowest BCUT2D eigenvalue weighted by atomic mass is 10.1. The molecule has 0 aliphatic carbocycles. The highest BCUT2D eigenvalue weighted by molar-refractivity contribution is 5.46. The normalized spacial score (nSPS) is 25.4. The van der Waals surface area contributed by atoms with Gasteiger partial charge in [-0.1, -0.05) is 12.1 Å².